The van der Waals surface area contributed by atoms with Crippen LogP contribution < -0.4 is 10.1 Å². The number of hydrogen-bond donors (Lipinski definition) is 1. The molecule has 0 fully saturated rings. The predicted octanol–water partition coefficient (Wildman–Crippen LogP) is 4.70. The summed E-state index contributed by atoms with van der Waals surface area (Å²) in [6, 6.07) is 11.6. The minimum atomic E-state index is -4.41. The summed E-state index contributed by atoms with van der Waals surface area (Å²) in [5.41, 5.74) is 0.958. The molecule has 9 heteroatoms. The van der Waals surface area contributed by atoms with E-state index in [0.29, 0.717) is 29.2 Å². The monoisotopic (exact) mass is 404 g/mol. The van der Waals surface area contributed by atoms with Gasteiger partial charge in [0, 0.05) is 17.7 Å². The van der Waals surface area contributed by atoms with Crippen LogP contribution >= 0.6 is 0 Å². The molecule has 0 spiro atoms. The van der Waals surface area contributed by atoms with Gasteiger partial charge in [0.1, 0.15) is 0 Å². The molecule has 1 aromatic heterocycles. The highest BCUT2D eigenvalue weighted by molar-refractivity contribution is 5.90. The van der Waals surface area contributed by atoms with Gasteiger partial charge in [0.05, 0.1) is 18.4 Å². The van der Waals surface area contributed by atoms with Crippen molar-refractivity contribution in [1.82, 2.24) is 14.8 Å². The summed E-state index contributed by atoms with van der Waals surface area (Å²) in [6.07, 6.45) is -3.23. The summed E-state index contributed by atoms with van der Waals surface area (Å²) in [6.45, 7) is 1.92. The number of anilines is 1. The summed E-state index contributed by atoms with van der Waals surface area (Å²) >= 11 is 0. The number of alkyl halides is 3. The van der Waals surface area contributed by atoms with Gasteiger partial charge in [-0.05, 0) is 42.8 Å². The number of ether oxygens (including phenoxy) is 1. The molecular weight excluding hydrogens is 385 g/mol. The number of benzene rings is 2. The molecule has 6 nitrogen and oxygen atoms in total. The first-order chi connectivity index (χ1) is 13.8. The lowest BCUT2D eigenvalue weighted by Crippen LogP contribution is -2.10. The van der Waals surface area contributed by atoms with Crippen LogP contribution in [0.2, 0.25) is 0 Å². The number of methoxy groups -OCH3 is 1. The van der Waals surface area contributed by atoms with Gasteiger partial charge in [-0.2, -0.15) is 18.2 Å². The Morgan fingerprint density at radius 2 is 1.76 bits per heavy atom. The number of hydrogen-bond acceptors (Lipinski definition) is 4. The quantitative estimate of drug-likeness (QED) is 0.647. The van der Waals surface area contributed by atoms with Gasteiger partial charge in [-0.25, -0.2) is 4.68 Å². The van der Waals surface area contributed by atoms with E-state index >= 15 is 0 Å². The fraction of sp³-hybridized carbons (Fsp3) is 0.250. The Bertz CT molecular complexity index is 980. The van der Waals surface area contributed by atoms with Gasteiger partial charge in [-0.1, -0.05) is 19.1 Å². The Morgan fingerprint density at radius 3 is 2.31 bits per heavy atom. The van der Waals surface area contributed by atoms with E-state index < -0.39 is 11.7 Å². The first-order valence-corrected chi connectivity index (χ1v) is 8.90. The van der Waals surface area contributed by atoms with Gasteiger partial charge in [0.25, 0.3) is 0 Å². The number of nitrogens with one attached hydrogen (secondary N) is 1. The number of halogens is 3. The maximum atomic E-state index is 12.8. The molecule has 1 N–H and O–H groups in total. The minimum absolute atomic E-state index is 0.0758. The van der Waals surface area contributed by atoms with Crippen molar-refractivity contribution in [1.29, 1.82) is 0 Å². The van der Waals surface area contributed by atoms with Crippen LogP contribution in [0.3, 0.4) is 0 Å². The zero-order chi connectivity index (χ0) is 21.0. The van der Waals surface area contributed by atoms with Crippen LogP contribution in [-0.4, -0.2) is 27.8 Å². The van der Waals surface area contributed by atoms with E-state index in [-0.39, 0.29) is 11.9 Å². The van der Waals surface area contributed by atoms with E-state index in [0.717, 1.165) is 18.6 Å². The summed E-state index contributed by atoms with van der Waals surface area (Å²) < 4.78 is 45.0. The Labute approximate surface area is 165 Å². The van der Waals surface area contributed by atoms with Crippen molar-refractivity contribution >= 4 is 11.6 Å². The van der Waals surface area contributed by atoms with Crippen molar-refractivity contribution in [2.45, 2.75) is 25.9 Å². The Morgan fingerprint density at radius 1 is 1.10 bits per heavy atom. The van der Waals surface area contributed by atoms with E-state index in [9.17, 15) is 18.0 Å². The molecule has 29 heavy (non-hydrogen) atoms. The fourth-order valence-electron chi connectivity index (χ4n) is 2.69. The van der Waals surface area contributed by atoms with Crippen molar-refractivity contribution in [3.05, 3.63) is 54.1 Å². The highest BCUT2D eigenvalue weighted by Gasteiger charge is 2.30. The molecule has 0 unspecified atom stereocenters. The van der Waals surface area contributed by atoms with Gasteiger partial charge in [-0.15, -0.1) is 5.10 Å². The summed E-state index contributed by atoms with van der Waals surface area (Å²) in [5, 5.41) is 7.03. The molecular formula is C20H19F3N4O2. The molecule has 0 bridgehead atoms. The first kappa shape index (κ1) is 20.4. The number of aromatic nitrogens is 3. The van der Waals surface area contributed by atoms with Crippen LogP contribution in [0.5, 0.6) is 6.01 Å². The second-order valence-corrected chi connectivity index (χ2v) is 6.25. The number of carbonyl (C=O) groups excluding carboxylic acids is 1. The van der Waals surface area contributed by atoms with Crippen LogP contribution in [0.15, 0.2) is 48.5 Å². The molecule has 3 aromatic rings. The SMILES string of the molecule is CCCC(=O)Nc1ccc(-n2nc(OC)nc2-c2ccc(C(F)(F)F)cc2)cc1. The lowest BCUT2D eigenvalue weighted by atomic mass is 10.1. The number of rotatable bonds is 6. The smallest absolute Gasteiger partial charge is 0.416 e. The third-order valence-corrected chi connectivity index (χ3v) is 4.11. The maximum Gasteiger partial charge on any atom is 0.416 e. The Hall–Kier alpha value is -3.36. The van der Waals surface area contributed by atoms with Gasteiger partial charge < -0.3 is 10.1 Å². The van der Waals surface area contributed by atoms with Crippen LogP contribution in [0, 0.1) is 0 Å². The molecule has 0 aliphatic carbocycles. The fourth-order valence-corrected chi connectivity index (χ4v) is 2.69. The Kier molecular flexibility index (Phi) is 5.86. The van der Waals surface area contributed by atoms with Crippen LogP contribution in [0.25, 0.3) is 17.1 Å². The molecule has 0 aliphatic heterocycles. The average Bonchev–Trinajstić information content (AvgIpc) is 3.13. The summed E-state index contributed by atoms with van der Waals surface area (Å²) in [4.78, 5) is 16.0. The molecule has 0 saturated carbocycles. The van der Waals surface area contributed by atoms with Crippen molar-refractivity contribution in [3.63, 3.8) is 0 Å². The number of amides is 1. The van der Waals surface area contributed by atoms with Crippen LogP contribution in [0.1, 0.15) is 25.3 Å². The standard InChI is InChI=1S/C20H19F3N4O2/c1-3-4-17(28)24-15-9-11-16(12-10-15)27-18(25-19(26-27)29-2)13-5-7-14(8-6-13)20(21,22)23/h5-12H,3-4H2,1-2H3,(H,24,28). The number of nitrogens with zero attached hydrogens (tertiary/aromatic N) is 3. The number of carbonyl (C=O) groups is 1. The van der Waals surface area contributed by atoms with Gasteiger partial charge in [0.15, 0.2) is 5.82 Å². The van der Waals surface area contributed by atoms with E-state index in [4.69, 9.17) is 4.74 Å². The van der Waals surface area contributed by atoms with Gasteiger partial charge in [-0.3, -0.25) is 4.79 Å². The summed E-state index contributed by atoms with van der Waals surface area (Å²) in [7, 11) is 1.41. The van der Waals surface area contributed by atoms with Crippen LogP contribution in [-0.2, 0) is 11.0 Å². The first-order valence-electron chi connectivity index (χ1n) is 8.90. The third kappa shape index (κ3) is 4.74. The molecule has 152 valence electrons. The lowest BCUT2D eigenvalue weighted by molar-refractivity contribution is -0.137. The molecule has 1 amide bonds. The molecule has 3 rings (SSSR count). The van der Waals surface area contributed by atoms with E-state index in [1.54, 1.807) is 24.3 Å². The molecule has 0 saturated heterocycles. The third-order valence-electron chi connectivity index (χ3n) is 4.11. The van der Waals surface area contributed by atoms with E-state index in [1.807, 2.05) is 6.92 Å². The maximum absolute atomic E-state index is 12.8. The van der Waals surface area contributed by atoms with Crippen molar-refractivity contribution < 1.29 is 22.7 Å². The normalized spacial score (nSPS) is 11.3. The highest BCUT2D eigenvalue weighted by Crippen LogP contribution is 2.31. The molecule has 1 heterocycles. The van der Waals surface area contributed by atoms with Crippen LogP contribution in [0.4, 0.5) is 18.9 Å². The largest absolute Gasteiger partial charge is 0.466 e. The van der Waals surface area contributed by atoms with Gasteiger partial charge >= 0.3 is 12.2 Å². The zero-order valence-corrected chi connectivity index (χ0v) is 15.8. The van der Waals surface area contributed by atoms with Crippen molar-refractivity contribution in [2.75, 3.05) is 12.4 Å². The second-order valence-electron chi connectivity index (χ2n) is 6.25. The average molecular weight is 404 g/mol. The molecule has 0 atom stereocenters. The van der Waals surface area contributed by atoms with E-state index in [1.165, 1.54) is 23.9 Å². The predicted molar refractivity (Wildman–Crippen MR) is 102 cm³/mol. The lowest BCUT2D eigenvalue weighted by Gasteiger charge is -2.09. The topological polar surface area (TPSA) is 69.0 Å². The minimum Gasteiger partial charge on any atom is -0.466 e. The molecule has 0 radical (unpaired) electrons. The van der Waals surface area contributed by atoms with E-state index in [2.05, 4.69) is 15.4 Å². The second kappa shape index (κ2) is 8.34. The van der Waals surface area contributed by atoms with Crippen molar-refractivity contribution in [2.24, 2.45) is 0 Å². The van der Waals surface area contributed by atoms with Crippen molar-refractivity contribution in [3.8, 4) is 23.1 Å². The zero-order valence-electron chi connectivity index (χ0n) is 15.8. The Balaban J connectivity index is 1.92. The molecule has 0 aliphatic rings. The highest BCUT2D eigenvalue weighted by atomic mass is 19.4. The summed E-state index contributed by atoms with van der Waals surface area (Å²) in [5.74, 6) is 0.256. The van der Waals surface area contributed by atoms with Gasteiger partial charge in [0.2, 0.25) is 5.91 Å². The molecule has 2 aromatic carbocycles.